The third kappa shape index (κ3) is 4.98. The maximum Gasteiger partial charge on any atom is 0.150 e. The molecule has 6 heteroatoms. The molecular weight excluding hydrogens is 406 g/mol. The first kappa shape index (κ1) is 23.0. The van der Waals surface area contributed by atoms with Crippen molar-refractivity contribution in [2.75, 3.05) is 24.6 Å². The minimum absolute atomic E-state index is 0.0119. The van der Waals surface area contributed by atoms with Crippen LogP contribution in [-0.2, 0) is 0 Å². The van der Waals surface area contributed by atoms with Crippen LogP contribution in [0.1, 0.15) is 56.7 Å². The molecular formula is C26H27NO5. The van der Waals surface area contributed by atoms with Gasteiger partial charge in [0.15, 0.2) is 0 Å². The molecule has 32 heavy (non-hydrogen) atoms. The van der Waals surface area contributed by atoms with Crippen LogP contribution < -0.4 is 4.90 Å². The maximum atomic E-state index is 11.4. The number of hydrogen-bond donors (Lipinski definition) is 3. The van der Waals surface area contributed by atoms with Gasteiger partial charge in [0.25, 0.3) is 0 Å². The van der Waals surface area contributed by atoms with Crippen molar-refractivity contribution in [2.24, 2.45) is 0 Å². The van der Waals surface area contributed by atoms with Crippen LogP contribution in [0.15, 0.2) is 60.7 Å². The molecule has 3 aromatic rings. The number of anilines is 1. The van der Waals surface area contributed by atoms with E-state index in [1.807, 2.05) is 24.3 Å². The number of nitrogens with zero attached hydrogens (tertiary/aromatic N) is 1. The molecule has 0 atom stereocenters. The molecule has 0 aliphatic rings. The lowest BCUT2D eigenvalue weighted by Crippen LogP contribution is -2.27. The summed E-state index contributed by atoms with van der Waals surface area (Å²) in [7, 11) is 0. The largest absolute Gasteiger partial charge is 0.508 e. The molecule has 0 aliphatic carbocycles. The van der Waals surface area contributed by atoms with Gasteiger partial charge < -0.3 is 20.2 Å². The van der Waals surface area contributed by atoms with Crippen LogP contribution in [0, 0.1) is 0 Å². The van der Waals surface area contributed by atoms with Gasteiger partial charge in [-0.25, -0.2) is 0 Å². The highest BCUT2D eigenvalue weighted by molar-refractivity contribution is 5.78. The standard InChI is InChI=1S/C26H27NO5/c1-2-10-27(11-12-28)21-5-3-4-20(15-21)26(22-13-18(16-29)6-8-24(22)31)23-14-19(17-30)7-9-25(23)32/h3-9,13-17,26,28,31-32H,2,10-12H2,1H3. The number of benzene rings is 3. The highest BCUT2D eigenvalue weighted by Gasteiger charge is 2.24. The van der Waals surface area contributed by atoms with Crippen LogP contribution in [0.25, 0.3) is 0 Å². The molecule has 6 nitrogen and oxygen atoms in total. The number of aliphatic hydroxyl groups is 1. The molecule has 3 rings (SSSR count). The Bertz CT molecular complexity index is 1030. The topological polar surface area (TPSA) is 98.1 Å². The van der Waals surface area contributed by atoms with E-state index in [1.165, 1.54) is 24.3 Å². The van der Waals surface area contributed by atoms with Crippen molar-refractivity contribution in [3.05, 3.63) is 88.5 Å². The van der Waals surface area contributed by atoms with Gasteiger partial charge in [0.2, 0.25) is 0 Å². The first-order chi connectivity index (χ1) is 15.5. The Morgan fingerprint density at radius 1 is 0.844 bits per heavy atom. The van der Waals surface area contributed by atoms with Crippen LogP contribution in [0.3, 0.4) is 0 Å². The second-order valence-corrected chi connectivity index (χ2v) is 7.61. The number of aromatic hydroxyl groups is 2. The Balaban J connectivity index is 2.24. The molecule has 166 valence electrons. The average Bonchev–Trinajstić information content (AvgIpc) is 2.81. The Kier molecular flexibility index (Phi) is 7.63. The molecule has 0 amide bonds. The summed E-state index contributed by atoms with van der Waals surface area (Å²) in [6.45, 7) is 3.30. The van der Waals surface area contributed by atoms with Crippen molar-refractivity contribution >= 4 is 18.3 Å². The van der Waals surface area contributed by atoms with Crippen LogP contribution in [0.5, 0.6) is 11.5 Å². The van der Waals surface area contributed by atoms with Crippen LogP contribution in [-0.4, -0.2) is 47.6 Å². The second-order valence-electron chi connectivity index (χ2n) is 7.61. The zero-order chi connectivity index (χ0) is 23.1. The smallest absolute Gasteiger partial charge is 0.150 e. The number of carbonyl (C=O) groups excluding carboxylic acids is 2. The van der Waals surface area contributed by atoms with Gasteiger partial charge in [-0.15, -0.1) is 0 Å². The highest BCUT2D eigenvalue weighted by Crippen LogP contribution is 2.41. The summed E-state index contributed by atoms with van der Waals surface area (Å²) in [6, 6.07) is 16.7. The van der Waals surface area contributed by atoms with Crippen molar-refractivity contribution in [1.82, 2.24) is 0 Å². The van der Waals surface area contributed by atoms with E-state index in [-0.39, 0.29) is 18.1 Å². The summed E-state index contributed by atoms with van der Waals surface area (Å²) in [5.74, 6) is -0.683. The van der Waals surface area contributed by atoms with Crippen molar-refractivity contribution in [2.45, 2.75) is 19.3 Å². The summed E-state index contributed by atoms with van der Waals surface area (Å²) >= 11 is 0. The van der Waals surface area contributed by atoms with E-state index in [2.05, 4.69) is 11.8 Å². The number of carbonyl (C=O) groups is 2. The summed E-state index contributed by atoms with van der Waals surface area (Å²) in [4.78, 5) is 24.9. The Morgan fingerprint density at radius 3 is 1.94 bits per heavy atom. The third-order valence-corrected chi connectivity index (χ3v) is 5.43. The highest BCUT2D eigenvalue weighted by atomic mass is 16.3. The Hall–Kier alpha value is -3.64. The van der Waals surface area contributed by atoms with Gasteiger partial charge in [-0.1, -0.05) is 19.1 Å². The van der Waals surface area contributed by atoms with E-state index in [1.54, 1.807) is 12.1 Å². The molecule has 0 aliphatic heterocycles. The van der Waals surface area contributed by atoms with Gasteiger partial charge in [0.1, 0.15) is 24.1 Å². The number of phenols is 2. The fourth-order valence-corrected chi connectivity index (χ4v) is 3.94. The summed E-state index contributed by atoms with van der Waals surface area (Å²) in [5, 5.41) is 30.8. The molecule has 0 fully saturated rings. The molecule has 0 unspecified atom stereocenters. The van der Waals surface area contributed by atoms with Gasteiger partial charge in [-0.05, 0) is 60.5 Å². The summed E-state index contributed by atoms with van der Waals surface area (Å²) in [6.07, 6.45) is 2.29. The van der Waals surface area contributed by atoms with E-state index in [4.69, 9.17) is 0 Å². The molecule has 0 spiro atoms. The Morgan fingerprint density at radius 2 is 1.44 bits per heavy atom. The predicted molar refractivity (Wildman–Crippen MR) is 124 cm³/mol. The van der Waals surface area contributed by atoms with Gasteiger partial charge in [0.05, 0.1) is 6.61 Å². The number of aldehydes is 2. The normalized spacial score (nSPS) is 10.8. The maximum absolute atomic E-state index is 11.4. The van der Waals surface area contributed by atoms with Crippen LogP contribution in [0.4, 0.5) is 5.69 Å². The minimum Gasteiger partial charge on any atom is -0.508 e. The molecule has 0 saturated heterocycles. The number of hydrogen-bond acceptors (Lipinski definition) is 6. The zero-order valence-corrected chi connectivity index (χ0v) is 17.9. The van der Waals surface area contributed by atoms with Gasteiger partial charge in [0, 0.05) is 46.9 Å². The van der Waals surface area contributed by atoms with Gasteiger partial charge >= 0.3 is 0 Å². The fourth-order valence-electron chi connectivity index (χ4n) is 3.94. The lowest BCUT2D eigenvalue weighted by atomic mass is 9.82. The van der Waals surface area contributed by atoms with E-state index in [0.29, 0.717) is 41.4 Å². The minimum atomic E-state index is -0.632. The SMILES string of the molecule is CCCN(CCO)c1cccc(C(c2cc(C=O)ccc2O)c2cc(C=O)ccc2O)c1. The quantitative estimate of drug-likeness (QED) is 0.329. The molecule has 0 bridgehead atoms. The lowest BCUT2D eigenvalue weighted by Gasteiger charge is -2.26. The fraction of sp³-hybridized carbons (Fsp3) is 0.231. The first-order valence-electron chi connectivity index (χ1n) is 10.5. The zero-order valence-electron chi connectivity index (χ0n) is 17.9. The monoisotopic (exact) mass is 433 g/mol. The Labute approximate surface area is 187 Å². The molecule has 3 aromatic carbocycles. The summed E-state index contributed by atoms with van der Waals surface area (Å²) in [5.41, 5.74) is 3.30. The molecule has 0 radical (unpaired) electrons. The number of phenolic OH excluding ortho intramolecular Hbond substituents is 2. The van der Waals surface area contributed by atoms with Crippen molar-refractivity contribution in [1.29, 1.82) is 0 Å². The van der Waals surface area contributed by atoms with E-state index in [9.17, 15) is 24.9 Å². The van der Waals surface area contributed by atoms with Crippen molar-refractivity contribution < 1.29 is 24.9 Å². The lowest BCUT2D eigenvalue weighted by molar-refractivity contribution is 0.111. The number of aliphatic hydroxyl groups excluding tert-OH is 1. The molecule has 0 saturated carbocycles. The molecule has 0 heterocycles. The molecule has 3 N–H and O–H groups in total. The van der Waals surface area contributed by atoms with E-state index < -0.39 is 5.92 Å². The van der Waals surface area contributed by atoms with Crippen molar-refractivity contribution in [3.63, 3.8) is 0 Å². The summed E-state index contributed by atoms with van der Waals surface area (Å²) < 4.78 is 0. The third-order valence-electron chi connectivity index (χ3n) is 5.43. The van der Waals surface area contributed by atoms with Crippen molar-refractivity contribution in [3.8, 4) is 11.5 Å². The van der Waals surface area contributed by atoms with Crippen LogP contribution >= 0.6 is 0 Å². The van der Waals surface area contributed by atoms with Gasteiger partial charge in [-0.3, -0.25) is 9.59 Å². The predicted octanol–water partition coefficient (Wildman–Crippen LogP) is 4.11. The van der Waals surface area contributed by atoms with Gasteiger partial charge in [-0.2, -0.15) is 0 Å². The first-order valence-corrected chi connectivity index (χ1v) is 10.5. The van der Waals surface area contributed by atoms with Crippen LogP contribution in [0.2, 0.25) is 0 Å². The van der Waals surface area contributed by atoms with E-state index >= 15 is 0 Å². The second kappa shape index (κ2) is 10.6. The number of rotatable bonds is 10. The van der Waals surface area contributed by atoms with E-state index in [0.717, 1.165) is 24.2 Å². The molecule has 0 aromatic heterocycles. The average molecular weight is 434 g/mol.